The van der Waals surface area contributed by atoms with Gasteiger partial charge in [0.15, 0.2) is 0 Å². The topological polar surface area (TPSA) is 48.0 Å². The summed E-state index contributed by atoms with van der Waals surface area (Å²) in [5, 5.41) is 0. The van der Waals surface area contributed by atoms with E-state index in [4.69, 9.17) is 5.73 Å². The molecular weight excluding hydrogens is 284 g/mol. The number of carbonyl (C=O) groups is 1. The first kappa shape index (κ1) is 17.3. The highest BCUT2D eigenvalue weighted by Crippen LogP contribution is 2.34. The molecule has 0 saturated heterocycles. The Morgan fingerprint density at radius 3 is 2.35 bits per heavy atom. The molecule has 1 aromatic carbocycles. The van der Waals surface area contributed by atoms with E-state index in [1.54, 1.807) is 0 Å². The first-order chi connectivity index (χ1) is 11.1. The van der Waals surface area contributed by atoms with E-state index in [1.165, 1.54) is 18.5 Å². The highest BCUT2D eigenvalue weighted by atomic mass is 16.1. The normalized spacial score (nSPS) is 10.9. The highest BCUT2D eigenvalue weighted by Gasteiger charge is 2.23. The van der Waals surface area contributed by atoms with E-state index in [0.29, 0.717) is 5.56 Å². The van der Waals surface area contributed by atoms with Gasteiger partial charge in [0.05, 0.1) is 5.56 Å². The number of hydrogen-bond acceptors (Lipinski definition) is 1. The Labute approximate surface area is 139 Å². The van der Waals surface area contributed by atoms with E-state index in [9.17, 15) is 4.79 Å². The second-order valence-corrected chi connectivity index (χ2v) is 6.12. The third-order valence-electron chi connectivity index (χ3n) is 4.40. The summed E-state index contributed by atoms with van der Waals surface area (Å²) in [5.74, 6) is -0.326. The molecule has 2 aromatic rings. The van der Waals surface area contributed by atoms with Crippen LogP contribution in [0, 0.1) is 6.92 Å². The van der Waals surface area contributed by atoms with Crippen LogP contribution in [0.5, 0.6) is 0 Å². The summed E-state index contributed by atoms with van der Waals surface area (Å²) < 4.78 is 2.30. The Hall–Kier alpha value is -2.03. The maximum atomic E-state index is 12.1. The Morgan fingerprint density at radius 2 is 1.78 bits per heavy atom. The molecule has 1 heterocycles. The van der Waals surface area contributed by atoms with Crippen molar-refractivity contribution in [3.05, 3.63) is 47.3 Å². The fraction of sp³-hybridized carbons (Fsp3) is 0.450. The molecule has 0 bridgehead atoms. The SMILES string of the molecule is CCCCCc1c(-c2ccccc2)c(C(N)=O)c(C)n1CCC. The van der Waals surface area contributed by atoms with Gasteiger partial charge in [-0.15, -0.1) is 0 Å². The van der Waals surface area contributed by atoms with Gasteiger partial charge >= 0.3 is 0 Å². The third-order valence-corrected chi connectivity index (χ3v) is 4.40. The van der Waals surface area contributed by atoms with Crippen LogP contribution in [-0.2, 0) is 13.0 Å². The fourth-order valence-corrected chi connectivity index (χ4v) is 3.34. The number of nitrogens with two attached hydrogens (primary N) is 1. The molecule has 0 aliphatic heterocycles. The summed E-state index contributed by atoms with van der Waals surface area (Å²) in [4.78, 5) is 12.1. The van der Waals surface area contributed by atoms with Crippen LogP contribution in [0.4, 0.5) is 0 Å². The molecule has 0 aliphatic carbocycles. The van der Waals surface area contributed by atoms with Gasteiger partial charge in [-0.25, -0.2) is 0 Å². The van der Waals surface area contributed by atoms with Crippen LogP contribution in [0.15, 0.2) is 30.3 Å². The molecule has 0 radical (unpaired) electrons. The second kappa shape index (κ2) is 8.00. The number of hydrogen-bond donors (Lipinski definition) is 1. The van der Waals surface area contributed by atoms with E-state index in [-0.39, 0.29) is 5.91 Å². The van der Waals surface area contributed by atoms with Gasteiger partial charge in [-0.05, 0) is 31.7 Å². The molecule has 3 heteroatoms. The van der Waals surface area contributed by atoms with Crippen molar-refractivity contribution >= 4 is 5.91 Å². The lowest BCUT2D eigenvalue weighted by atomic mass is 9.97. The molecule has 0 spiro atoms. The number of amides is 1. The minimum absolute atomic E-state index is 0.326. The standard InChI is InChI=1S/C20H28N2O/c1-4-6-8-13-17-19(16-11-9-7-10-12-16)18(20(21)23)15(3)22(17)14-5-2/h7,9-12H,4-6,8,13-14H2,1-3H3,(H2,21,23). The van der Waals surface area contributed by atoms with E-state index in [1.807, 2.05) is 25.1 Å². The molecule has 1 aromatic heterocycles. The maximum absolute atomic E-state index is 12.1. The minimum atomic E-state index is -0.326. The van der Waals surface area contributed by atoms with E-state index in [2.05, 4.69) is 30.5 Å². The quantitative estimate of drug-likeness (QED) is 0.705. The summed E-state index contributed by atoms with van der Waals surface area (Å²) in [6, 6.07) is 10.2. The molecule has 23 heavy (non-hydrogen) atoms. The second-order valence-electron chi connectivity index (χ2n) is 6.12. The van der Waals surface area contributed by atoms with Crippen molar-refractivity contribution < 1.29 is 4.79 Å². The van der Waals surface area contributed by atoms with Crippen molar-refractivity contribution in [3.8, 4) is 11.1 Å². The summed E-state index contributed by atoms with van der Waals surface area (Å²) in [6.07, 6.45) is 5.57. The van der Waals surface area contributed by atoms with Gasteiger partial charge in [-0.3, -0.25) is 4.79 Å². The van der Waals surface area contributed by atoms with Gasteiger partial charge in [-0.1, -0.05) is 57.0 Å². The molecule has 124 valence electrons. The smallest absolute Gasteiger partial charge is 0.251 e. The van der Waals surface area contributed by atoms with Crippen molar-refractivity contribution in [1.82, 2.24) is 4.57 Å². The van der Waals surface area contributed by atoms with Crippen molar-refractivity contribution in [2.24, 2.45) is 5.73 Å². The van der Waals surface area contributed by atoms with Crippen LogP contribution in [0.1, 0.15) is 61.3 Å². The Bertz CT molecular complexity index is 656. The first-order valence-corrected chi connectivity index (χ1v) is 8.68. The molecule has 0 unspecified atom stereocenters. The van der Waals surface area contributed by atoms with Crippen LogP contribution in [0.3, 0.4) is 0 Å². The van der Waals surface area contributed by atoms with Gasteiger partial charge in [0, 0.05) is 23.5 Å². The minimum Gasteiger partial charge on any atom is -0.366 e. The maximum Gasteiger partial charge on any atom is 0.251 e. The summed E-state index contributed by atoms with van der Waals surface area (Å²) in [6.45, 7) is 7.33. The largest absolute Gasteiger partial charge is 0.366 e. The van der Waals surface area contributed by atoms with Crippen LogP contribution < -0.4 is 5.73 Å². The highest BCUT2D eigenvalue weighted by molar-refractivity contribution is 6.02. The number of unbranched alkanes of at least 4 members (excludes halogenated alkanes) is 2. The molecule has 2 rings (SSSR count). The lowest BCUT2D eigenvalue weighted by molar-refractivity contribution is 0.1000. The van der Waals surface area contributed by atoms with Gasteiger partial charge < -0.3 is 10.3 Å². The summed E-state index contributed by atoms with van der Waals surface area (Å²) in [7, 11) is 0. The molecule has 0 fully saturated rings. The average Bonchev–Trinajstić information content (AvgIpc) is 2.82. The van der Waals surface area contributed by atoms with Crippen LogP contribution >= 0.6 is 0 Å². The van der Waals surface area contributed by atoms with Crippen molar-refractivity contribution in [1.29, 1.82) is 0 Å². The molecular formula is C20H28N2O. The predicted octanol–water partition coefficient (Wildman–Crippen LogP) is 4.71. The number of benzene rings is 1. The van der Waals surface area contributed by atoms with Crippen LogP contribution in [0.2, 0.25) is 0 Å². The number of carbonyl (C=O) groups excluding carboxylic acids is 1. The zero-order valence-electron chi connectivity index (χ0n) is 14.6. The van der Waals surface area contributed by atoms with Gasteiger partial charge in [0.25, 0.3) is 5.91 Å². The zero-order chi connectivity index (χ0) is 16.8. The number of rotatable bonds is 8. The van der Waals surface area contributed by atoms with Crippen LogP contribution in [0.25, 0.3) is 11.1 Å². The number of aromatic nitrogens is 1. The Morgan fingerprint density at radius 1 is 1.09 bits per heavy atom. The molecule has 0 atom stereocenters. The van der Waals surface area contributed by atoms with Gasteiger partial charge in [-0.2, -0.15) is 0 Å². The first-order valence-electron chi connectivity index (χ1n) is 8.68. The van der Waals surface area contributed by atoms with Crippen molar-refractivity contribution in [2.75, 3.05) is 0 Å². The van der Waals surface area contributed by atoms with Gasteiger partial charge in [0.2, 0.25) is 0 Å². The summed E-state index contributed by atoms with van der Waals surface area (Å²) >= 11 is 0. The monoisotopic (exact) mass is 312 g/mol. The van der Waals surface area contributed by atoms with E-state index < -0.39 is 0 Å². The van der Waals surface area contributed by atoms with Crippen molar-refractivity contribution in [3.63, 3.8) is 0 Å². The molecule has 0 saturated carbocycles. The van der Waals surface area contributed by atoms with E-state index in [0.717, 1.165) is 42.6 Å². The fourth-order valence-electron chi connectivity index (χ4n) is 3.34. The zero-order valence-corrected chi connectivity index (χ0v) is 14.6. The molecule has 0 aliphatic rings. The number of primary amides is 1. The Kier molecular flexibility index (Phi) is 6.03. The lowest BCUT2D eigenvalue weighted by Crippen LogP contribution is -2.13. The van der Waals surface area contributed by atoms with Crippen LogP contribution in [-0.4, -0.2) is 10.5 Å². The Balaban J connectivity index is 2.63. The average molecular weight is 312 g/mol. The summed E-state index contributed by atoms with van der Waals surface area (Å²) in [5.41, 5.74) is 10.8. The van der Waals surface area contributed by atoms with E-state index >= 15 is 0 Å². The predicted molar refractivity (Wildman–Crippen MR) is 96.6 cm³/mol. The molecule has 3 nitrogen and oxygen atoms in total. The third kappa shape index (κ3) is 3.66. The molecule has 2 N–H and O–H groups in total. The lowest BCUT2D eigenvalue weighted by Gasteiger charge is -2.12. The van der Waals surface area contributed by atoms with Gasteiger partial charge in [0.1, 0.15) is 0 Å². The molecule has 1 amide bonds. The van der Waals surface area contributed by atoms with Crippen molar-refractivity contribution in [2.45, 2.75) is 59.4 Å². The number of nitrogens with zero attached hydrogens (tertiary/aromatic N) is 1.